The number of nitrogens with zero attached hydrogens (tertiary/aromatic N) is 4. The molecule has 5 nitrogen and oxygen atoms in total. The summed E-state index contributed by atoms with van der Waals surface area (Å²) in [6.45, 7) is 0.726. The van der Waals surface area contributed by atoms with E-state index in [0.29, 0.717) is 0 Å². The van der Waals surface area contributed by atoms with Crippen molar-refractivity contribution in [1.82, 2.24) is 19.5 Å². The van der Waals surface area contributed by atoms with Crippen LogP contribution in [0.1, 0.15) is 5.69 Å². The Morgan fingerprint density at radius 2 is 2.00 bits per heavy atom. The smallest absolute Gasteiger partial charge is 0.115 e. The minimum absolute atomic E-state index is 0.726. The summed E-state index contributed by atoms with van der Waals surface area (Å²) < 4.78 is 1.97. The lowest BCUT2D eigenvalue weighted by atomic mass is 10.4. The first-order valence-corrected chi connectivity index (χ1v) is 4.30. The molecule has 0 amide bonds. The minimum atomic E-state index is 0.726. The lowest BCUT2D eigenvalue weighted by Gasteiger charge is -2.04. The fourth-order valence-corrected chi connectivity index (χ4v) is 1.14. The number of hydrogen-bond donors (Lipinski definition) is 1. The second kappa shape index (κ2) is 3.87. The van der Waals surface area contributed by atoms with Gasteiger partial charge in [-0.15, -0.1) is 0 Å². The highest BCUT2D eigenvalue weighted by Crippen LogP contribution is 2.04. The van der Waals surface area contributed by atoms with Crippen molar-refractivity contribution in [2.75, 3.05) is 5.32 Å². The van der Waals surface area contributed by atoms with E-state index in [4.69, 9.17) is 0 Å². The van der Waals surface area contributed by atoms with Crippen molar-refractivity contribution in [1.29, 1.82) is 0 Å². The maximum Gasteiger partial charge on any atom is 0.115 e. The molecule has 0 fully saturated rings. The van der Waals surface area contributed by atoms with Gasteiger partial charge in [0.1, 0.15) is 6.33 Å². The highest BCUT2D eigenvalue weighted by molar-refractivity contribution is 5.37. The van der Waals surface area contributed by atoms with Gasteiger partial charge in [-0.25, -0.2) is 15.0 Å². The van der Waals surface area contributed by atoms with Crippen LogP contribution < -0.4 is 5.32 Å². The average Bonchev–Trinajstić information content (AvgIpc) is 2.63. The highest BCUT2D eigenvalue weighted by atomic mass is 15.0. The van der Waals surface area contributed by atoms with E-state index in [2.05, 4.69) is 20.3 Å². The zero-order chi connectivity index (χ0) is 9.80. The number of aryl methyl sites for hydroxylation is 1. The Hall–Kier alpha value is -1.91. The number of imidazole rings is 1. The van der Waals surface area contributed by atoms with Gasteiger partial charge in [0.2, 0.25) is 0 Å². The van der Waals surface area contributed by atoms with Gasteiger partial charge in [-0.2, -0.15) is 0 Å². The van der Waals surface area contributed by atoms with Gasteiger partial charge in [0, 0.05) is 13.2 Å². The summed E-state index contributed by atoms with van der Waals surface area (Å²) in [5.74, 6) is 0. The van der Waals surface area contributed by atoms with Crippen LogP contribution in [-0.2, 0) is 13.6 Å². The summed E-state index contributed by atoms with van der Waals surface area (Å²) in [5, 5.41) is 3.20. The third kappa shape index (κ3) is 1.87. The molecule has 0 bridgehead atoms. The monoisotopic (exact) mass is 189 g/mol. The number of rotatable bonds is 3. The Morgan fingerprint density at radius 3 is 2.64 bits per heavy atom. The maximum absolute atomic E-state index is 4.03. The molecule has 0 unspecified atom stereocenters. The van der Waals surface area contributed by atoms with E-state index in [9.17, 15) is 0 Å². The molecule has 5 heteroatoms. The van der Waals surface area contributed by atoms with Gasteiger partial charge < -0.3 is 9.88 Å². The van der Waals surface area contributed by atoms with Crippen LogP contribution in [-0.4, -0.2) is 19.5 Å². The van der Waals surface area contributed by atoms with E-state index in [0.717, 1.165) is 17.9 Å². The summed E-state index contributed by atoms with van der Waals surface area (Å²) in [6, 6.07) is 0. The highest BCUT2D eigenvalue weighted by Gasteiger charge is 1.97. The first-order valence-electron chi connectivity index (χ1n) is 4.30. The van der Waals surface area contributed by atoms with Crippen LogP contribution in [0.3, 0.4) is 0 Å². The average molecular weight is 189 g/mol. The first-order chi connectivity index (χ1) is 6.86. The van der Waals surface area contributed by atoms with Crippen molar-refractivity contribution < 1.29 is 0 Å². The van der Waals surface area contributed by atoms with Gasteiger partial charge in [-0.05, 0) is 0 Å². The molecule has 0 atom stereocenters. The minimum Gasteiger partial charge on any atom is -0.377 e. The quantitative estimate of drug-likeness (QED) is 0.776. The van der Waals surface area contributed by atoms with E-state index >= 15 is 0 Å². The molecule has 2 heterocycles. The number of nitrogens with one attached hydrogen (secondary N) is 1. The van der Waals surface area contributed by atoms with Crippen molar-refractivity contribution in [2.24, 2.45) is 7.05 Å². The molecule has 0 saturated heterocycles. The van der Waals surface area contributed by atoms with Crippen LogP contribution >= 0.6 is 0 Å². The van der Waals surface area contributed by atoms with Gasteiger partial charge in [0.25, 0.3) is 0 Å². The Kier molecular flexibility index (Phi) is 2.40. The van der Waals surface area contributed by atoms with E-state index in [1.54, 1.807) is 18.7 Å². The van der Waals surface area contributed by atoms with E-state index in [1.807, 2.05) is 17.8 Å². The number of hydrogen-bond acceptors (Lipinski definition) is 4. The predicted octanol–water partition coefficient (Wildman–Crippen LogP) is 0.822. The molecular formula is C9H11N5. The Bertz CT molecular complexity index is 395. The summed E-state index contributed by atoms with van der Waals surface area (Å²) in [4.78, 5) is 11.8. The molecule has 0 aliphatic carbocycles. The van der Waals surface area contributed by atoms with Gasteiger partial charge in [0.15, 0.2) is 0 Å². The van der Waals surface area contributed by atoms with Gasteiger partial charge in [0.05, 0.1) is 36.6 Å². The van der Waals surface area contributed by atoms with E-state index in [1.165, 1.54) is 6.33 Å². The third-order valence-electron chi connectivity index (χ3n) is 1.95. The lowest BCUT2D eigenvalue weighted by molar-refractivity contribution is 0.836. The molecule has 0 radical (unpaired) electrons. The molecule has 1 N–H and O–H groups in total. The standard InChI is InChI=1S/C9H11N5/c1-14-7-12-4-9(14)5-13-8-2-10-6-11-3-8/h2-4,6-7,13H,5H2,1H3. The third-order valence-corrected chi connectivity index (χ3v) is 1.95. The van der Waals surface area contributed by atoms with Crippen molar-refractivity contribution in [3.05, 3.63) is 36.9 Å². The fraction of sp³-hybridized carbons (Fsp3) is 0.222. The fourth-order valence-electron chi connectivity index (χ4n) is 1.14. The molecular weight excluding hydrogens is 178 g/mol. The van der Waals surface area contributed by atoms with Crippen molar-refractivity contribution in [3.63, 3.8) is 0 Å². The molecule has 0 aliphatic rings. The largest absolute Gasteiger partial charge is 0.377 e. The Labute approximate surface area is 81.8 Å². The molecule has 0 spiro atoms. The Morgan fingerprint density at radius 1 is 1.21 bits per heavy atom. The van der Waals surface area contributed by atoms with Crippen LogP contribution in [0, 0.1) is 0 Å². The SMILES string of the molecule is Cn1cncc1CNc1cncnc1. The van der Waals surface area contributed by atoms with Crippen LogP contribution in [0.5, 0.6) is 0 Å². The van der Waals surface area contributed by atoms with Gasteiger partial charge in [-0.3, -0.25) is 0 Å². The number of aromatic nitrogens is 4. The van der Waals surface area contributed by atoms with Crippen molar-refractivity contribution in [3.8, 4) is 0 Å². The summed E-state index contributed by atoms with van der Waals surface area (Å²) in [5.41, 5.74) is 2.03. The van der Waals surface area contributed by atoms with Crippen LogP contribution in [0.2, 0.25) is 0 Å². The molecule has 0 saturated carbocycles. The van der Waals surface area contributed by atoms with Crippen LogP contribution in [0.15, 0.2) is 31.2 Å². The van der Waals surface area contributed by atoms with Crippen LogP contribution in [0.25, 0.3) is 0 Å². The predicted molar refractivity (Wildman–Crippen MR) is 52.6 cm³/mol. The second-order valence-electron chi connectivity index (χ2n) is 2.98. The zero-order valence-corrected chi connectivity index (χ0v) is 7.88. The van der Waals surface area contributed by atoms with E-state index < -0.39 is 0 Å². The van der Waals surface area contributed by atoms with Crippen molar-refractivity contribution in [2.45, 2.75) is 6.54 Å². The van der Waals surface area contributed by atoms with Gasteiger partial charge in [-0.1, -0.05) is 0 Å². The van der Waals surface area contributed by atoms with E-state index in [-0.39, 0.29) is 0 Å². The topological polar surface area (TPSA) is 55.6 Å². The Balaban J connectivity index is 1.99. The molecule has 2 aromatic rings. The summed E-state index contributed by atoms with van der Waals surface area (Å²) in [6.07, 6.45) is 8.59. The molecule has 0 aliphatic heterocycles. The van der Waals surface area contributed by atoms with Crippen LogP contribution in [0.4, 0.5) is 5.69 Å². The molecule has 2 rings (SSSR count). The second-order valence-corrected chi connectivity index (χ2v) is 2.98. The zero-order valence-electron chi connectivity index (χ0n) is 7.88. The van der Waals surface area contributed by atoms with Gasteiger partial charge >= 0.3 is 0 Å². The summed E-state index contributed by atoms with van der Waals surface area (Å²) in [7, 11) is 1.96. The summed E-state index contributed by atoms with van der Waals surface area (Å²) >= 11 is 0. The lowest BCUT2D eigenvalue weighted by Crippen LogP contribution is -2.04. The normalized spacial score (nSPS) is 10.1. The van der Waals surface area contributed by atoms with Crippen molar-refractivity contribution >= 4 is 5.69 Å². The molecule has 14 heavy (non-hydrogen) atoms. The first kappa shape index (κ1) is 8.68. The molecule has 2 aromatic heterocycles. The molecule has 0 aromatic carbocycles. The maximum atomic E-state index is 4.03. The molecule has 72 valence electrons. The number of anilines is 1.